The maximum Gasteiger partial charge on any atom is 0.259 e. The van der Waals surface area contributed by atoms with Crippen molar-refractivity contribution < 1.29 is 13.2 Å². The first kappa shape index (κ1) is 16.1. The monoisotopic (exact) mass is 290 g/mol. The van der Waals surface area contributed by atoms with E-state index in [0.717, 1.165) is 0 Å². The molecule has 0 spiro atoms. The second-order valence-corrected chi connectivity index (χ2v) is 6.03. The van der Waals surface area contributed by atoms with Crippen LogP contribution in [0.4, 0.5) is 0 Å². The summed E-state index contributed by atoms with van der Waals surface area (Å²) in [7, 11) is -2.00. The molecule has 1 atom stereocenters. The number of aromatic nitrogens is 2. The van der Waals surface area contributed by atoms with Crippen molar-refractivity contribution in [3.05, 3.63) is 12.0 Å². The van der Waals surface area contributed by atoms with Gasteiger partial charge in [0.1, 0.15) is 5.82 Å². The lowest BCUT2D eigenvalue weighted by Gasteiger charge is -2.10. The summed E-state index contributed by atoms with van der Waals surface area (Å²) in [6.45, 7) is 5.07. The molecule has 0 saturated heterocycles. The Morgan fingerprint density at radius 1 is 1.58 bits per heavy atom. The van der Waals surface area contributed by atoms with Crippen molar-refractivity contribution in [2.45, 2.75) is 37.9 Å². The standard InChI is InChI=1S/C11H22N4O3S/c1-4-15-7-11(14-9(15)2)19(16,17)13-6-5-10(12)8-18-3/h7,10,13H,4-6,8,12H2,1-3H3. The molecule has 1 unspecified atom stereocenters. The van der Waals surface area contributed by atoms with Crippen molar-refractivity contribution in [1.82, 2.24) is 14.3 Å². The average Bonchev–Trinajstić information content (AvgIpc) is 2.71. The Bertz CT molecular complexity index is 498. The first-order chi connectivity index (χ1) is 8.90. The quantitative estimate of drug-likeness (QED) is 0.694. The van der Waals surface area contributed by atoms with Gasteiger partial charge in [0, 0.05) is 32.4 Å². The topological polar surface area (TPSA) is 99.2 Å². The smallest absolute Gasteiger partial charge is 0.259 e. The van der Waals surface area contributed by atoms with Gasteiger partial charge in [0.15, 0.2) is 5.03 Å². The minimum atomic E-state index is -3.56. The lowest BCUT2D eigenvalue weighted by molar-refractivity contribution is 0.177. The zero-order chi connectivity index (χ0) is 14.5. The Kier molecular flexibility index (Phi) is 5.92. The van der Waals surface area contributed by atoms with E-state index in [-0.39, 0.29) is 17.6 Å². The first-order valence-electron chi connectivity index (χ1n) is 6.18. The normalized spacial score (nSPS) is 13.7. The lowest BCUT2D eigenvalue weighted by Crippen LogP contribution is -2.33. The molecule has 0 aliphatic rings. The predicted octanol–water partition coefficient (Wildman–Crippen LogP) is -0.146. The molecule has 1 rings (SSSR count). The van der Waals surface area contributed by atoms with Crippen LogP contribution in [0.5, 0.6) is 0 Å². The third-order valence-electron chi connectivity index (χ3n) is 2.76. The second kappa shape index (κ2) is 6.99. The SMILES string of the molecule is CCn1cc(S(=O)(=O)NCCC(N)COC)nc1C. The van der Waals surface area contributed by atoms with Crippen LogP contribution < -0.4 is 10.5 Å². The third-order valence-corrected chi connectivity index (χ3v) is 4.09. The van der Waals surface area contributed by atoms with E-state index in [9.17, 15) is 8.42 Å². The molecule has 0 amide bonds. The number of nitrogens with zero attached hydrogens (tertiary/aromatic N) is 2. The summed E-state index contributed by atoms with van der Waals surface area (Å²) in [5.41, 5.74) is 5.72. The molecule has 0 radical (unpaired) electrons. The highest BCUT2D eigenvalue weighted by atomic mass is 32.2. The molecule has 0 aliphatic heterocycles. The van der Waals surface area contributed by atoms with E-state index in [4.69, 9.17) is 10.5 Å². The number of methoxy groups -OCH3 is 1. The summed E-state index contributed by atoms with van der Waals surface area (Å²) >= 11 is 0. The van der Waals surface area contributed by atoms with Crippen LogP contribution in [0, 0.1) is 6.92 Å². The fourth-order valence-electron chi connectivity index (χ4n) is 1.68. The fourth-order valence-corrected chi connectivity index (χ4v) is 2.73. The third kappa shape index (κ3) is 4.57. The minimum Gasteiger partial charge on any atom is -0.383 e. The lowest BCUT2D eigenvalue weighted by atomic mass is 10.2. The van der Waals surface area contributed by atoms with Crippen LogP contribution in [0.1, 0.15) is 19.2 Å². The van der Waals surface area contributed by atoms with Gasteiger partial charge in [-0.05, 0) is 20.3 Å². The van der Waals surface area contributed by atoms with Gasteiger partial charge < -0.3 is 15.0 Å². The van der Waals surface area contributed by atoms with Gasteiger partial charge in [-0.1, -0.05) is 0 Å². The van der Waals surface area contributed by atoms with Crippen LogP contribution in [0.2, 0.25) is 0 Å². The van der Waals surface area contributed by atoms with Gasteiger partial charge in [0.05, 0.1) is 6.61 Å². The van der Waals surface area contributed by atoms with Crippen LogP contribution >= 0.6 is 0 Å². The van der Waals surface area contributed by atoms with E-state index in [1.807, 2.05) is 6.92 Å². The fraction of sp³-hybridized carbons (Fsp3) is 0.727. The van der Waals surface area contributed by atoms with Crippen molar-refractivity contribution >= 4 is 10.0 Å². The van der Waals surface area contributed by atoms with Crippen molar-refractivity contribution in [2.24, 2.45) is 5.73 Å². The van der Waals surface area contributed by atoms with Crippen molar-refractivity contribution in [3.63, 3.8) is 0 Å². The van der Waals surface area contributed by atoms with E-state index in [1.165, 1.54) is 6.20 Å². The van der Waals surface area contributed by atoms with Crippen LogP contribution in [-0.2, 0) is 21.3 Å². The largest absolute Gasteiger partial charge is 0.383 e. The molecule has 110 valence electrons. The highest BCUT2D eigenvalue weighted by Gasteiger charge is 2.18. The molecule has 0 bridgehead atoms. The zero-order valence-electron chi connectivity index (χ0n) is 11.6. The molecule has 3 N–H and O–H groups in total. The summed E-state index contributed by atoms with van der Waals surface area (Å²) in [6.07, 6.45) is 2.05. The van der Waals surface area contributed by atoms with Crippen molar-refractivity contribution in [3.8, 4) is 0 Å². The second-order valence-electron chi connectivity index (χ2n) is 4.31. The molecular weight excluding hydrogens is 268 g/mol. The molecule has 1 heterocycles. The van der Waals surface area contributed by atoms with Gasteiger partial charge in [-0.3, -0.25) is 0 Å². The Hall–Kier alpha value is -0.960. The van der Waals surface area contributed by atoms with Gasteiger partial charge in [-0.25, -0.2) is 18.1 Å². The Morgan fingerprint density at radius 3 is 2.79 bits per heavy atom. The Balaban J connectivity index is 2.60. The molecule has 0 fully saturated rings. The first-order valence-corrected chi connectivity index (χ1v) is 7.67. The number of imidazole rings is 1. The number of sulfonamides is 1. The summed E-state index contributed by atoms with van der Waals surface area (Å²) in [6, 6.07) is -0.178. The molecular formula is C11H22N4O3S. The number of rotatable bonds is 8. The average molecular weight is 290 g/mol. The van der Waals surface area contributed by atoms with Crippen LogP contribution in [-0.4, -0.2) is 44.3 Å². The zero-order valence-corrected chi connectivity index (χ0v) is 12.4. The Labute approximate surface area is 114 Å². The Morgan fingerprint density at radius 2 is 2.26 bits per heavy atom. The van der Waals surface area contributed by atoms with Crippen molar-refractivity contribution in [2.75, 3.05) is 20.3 Å². The van der Waals surface area contributed by atoms with E-state index in [1.54, 1.807) is 18.6 Å². The molecule has 1 aromatic rings. The predicted molar refractivity (Wildman–Crippen MR) is 72.3 cm³/mol. The van der Waals surface area contributed by atoms with Gasteiger partial charge in [0.2, 0.25) is 0 Å². The number of hydrogen-bond acceptors (Lipinski definition) is 5. The van der Waals surface area contributed by atoms with E-state index >= 15 is 0 Å². The van der Waals surface area contributed by atoms with Gasteiger partial charge >= 0.3 is 0 Å². The van der Waals surface area contributed by atoms with E-state index in [0.29, 0.717) is 25.4 Å². The highest BCUT2D eigenvalue weighted by Crippen LogP contribution is 2.08. The van der Waals surface area contributed by atoms with Crippen molar-refractivity contribution in [1.29, 1.82) is 0 Å². The van der Waals surface area contributed by atoms with E-state index < -0.39 is 10.0 Å². The molecule has 1 aromatic heterocycles. The molecule has 8 heteroatoms. The highest BCUT2D eigenvalue weighted by molar-refractivity contribution is 7.89. The summed E-state index contributed by atoms with van der Waals surface area (Å²) in [5.74, 6) is 0.680. The molecule has 19 heavy (non-hydrogen) atoms. The number of ether oxygens (including phenoxy) is 1. The van der Waals surface area contributed by atoms with Gasteiger partial charge in [-0.15, -0.1) is 0 Å². The number of aryl methyl sites for hydroxylation is 2. The minimum absolute atomic E-state index is 0.0483. The number of nitrogens with two attached hydrogens (primary N) is 1. The number of nitrogens with one attached hydrogen (secondary N) is 1. The van der Waals surface area contributed by atoms with Gasteiger partial charge in [-0.2, -0.15) is 0 Å². The summed E-state index contributed by atoms with van der Waals surface area (Å²) < 4.78 is 33.1. The van der Waals surface area contributed by atoms with Crippen LogP contribution in [0.25, 0.3) is 0 Å². The molecule has 0 aliphatic carbocycles. The van der Waals surface area contributed by atoms with Gasteiger partial charge in [0.25, 0.3) is 10.0 Å². The van der Waals surface area contributed by atoms with Crippen LogP contribution in [0.3, 0.4) is 0 Å². The maximum atomic E-state index is 12.0. The van der Waals surface area contributed by atoms with E-state index in [2.05, 4.69) is 9.71 Å². The molecule has 7 nitrogen and oxygen atoms in total. The molecule has 0 saturated carbocycles. The summed E-state index contributed by atoms with van der Waals surface area (Å²) in [4.78, 5) is 4.04. The van der Waals surface area contributed by atoms with Crippen LogP contribution in [0.15, 0.2) is 11.2 Å². The summed E-state index contributed by atoms with van der Waals surface area (Å²) in [5, 5.41) is 0.0483. The maximum absolute atomic E-state index is 12.0. The number of hydrogen-bond donors (Lipinski definition) is 2. The molecule has 0 aromatic carbocycles.